The third-order valence-corrected chi connectivity index (χ3v) is 1.33. The van der Waals surface area contributed by atoms with Crippen LogP contribution in [0.25, 0.3) is 0 Å². The first kappa shape index (κ1) is 6.30. The highest BCUT2D eigenvalue weighted by Gasteiger charge is 1.91. The van der Waals surface area contributed by atoms with Crippen molar-refractivity contribution in [2.45, 2.75) is 13.5 Å². The molecule has 0 aliphatic rings. The number of hydrogen-bond donors (Lipinski definition) is 1. The smallest absolute Gasteiger partial charge is 0.0690 e. The molecule has 1 aromatic rings. The Morgan fingerprint density at radius 2 is 2.44 bits per heavy atom. The zero-order valence-corrected chi connectivity index (χ0v) is 5.39. The molecule has 0 atom stereocenters. The summed E-state index contributed by atoms with van der Waals surface area (Å²) in [5, 5.41) is 8.69. The van der Waals surface area contributed by atoms with Gasteiger partial charge in [-0.05, 0) is 24.1 Å². The SMILES string of the molecule is Cc1ccc[c]c1CO. The normalized spacial score (nSPS) is 9.56. The molecule has 0 amide bonds. The fourth-order valence-corrected chi connectivity index (χ4v) is 0.726. The molecule has 0 spiro atoms. The molecule has 1 heteroatoms. The molecule has 1 N–H and O–H groups in total. The highest BCUT2D eigenvalue weighted by atomic mass is 16.3. The average Bonchev–Trinajstić information content (AvgIpc) is 1.89. The zero-order chi connectivity index (χ0) is 6.69. The maximum atomic E-state index is 8.69. The van der Waals surface area contributed by atoms with Crippen molar-refractivity contribution >= 4 is 0 Å². The summed E-state index contributed by atoms with van der Waals surface area (Å²) >= 11 is 0. The summed E-state index contributed by atoms with van der Waals surface area (Å²) < 4.78 is 0. The fourth-order valence-electron chi connectivity index (χ4n) is 0.726. The largest absolute Gasteiger partial charge is 0.392 e. The van der Waals surface area contributed by atoms with Crippen LogP contribution in [0.3, 0.4) is 0 Å². The summed E-state index contributed by atoms with van der Waals surface area (Å²) in [5.74, 6) is 0. The monoisotopic (exact) mass is 121 g/mol. The quantitative estimate of drug-likeness (QED) is 0.593. The second-order valence-electron chi connectivity index (χ2n) is 1.99. The van der Waals surface area contributed by atoms with Gasteiger partial charge in [-0.1, -0.05) is 18.2 Å². The Kier molecular flexibility index (Phi) is 1.85. The van der Waals surface area contributed by atoms with Crippen molar-refractivity contribution in [1.82, 2.24) is 0 Å². The van der Waals surface area contributed by atoms with Crippen LogP contribution in [0.4, 0.5) is 0 Å². The zero-order valence-electron chi connectivity index (χ0n) is 5.39. The van der Waals surface area contributed by atoms with Crippen LogP contribution in [-0.4, -0.2) is 5.11 Å². The van der Waals surface area contributed by atoms with Gasteiger partial charge in [-0.25, -0.2) is 0 Å². The van der Waals surface area contributed by atoms with Crippen LogP contribution < -0.4 is 0 Å². The molecule has 1 rings (SSSR count). The van der Waals surface area contributed by atoms with Crippen molar-refractivity contribution in [3.63, 3.8) is 0 Å². The maximum absolute atomic E-state index is 8.69. The van der Waals surface area contributed by atoms with Gasteiger partial charge in [0.15, 0.2) is 0 Å². The lowest BCUT2D eigenvalue weighted by Gasteiger charge is -1.97. The predicted octanol–water partition coefficient (Wildman–Crippen LogP) is 1.29. The number of hydrogen-bond acceptors (Lipinski definition) is 1. The number of aliphatic hydroxyl groups is 1. The van der Waals surface area contributed by atoms with Gasteiger partial charge < -0.3 is 5.11 Å². The number of aryl methyl sites for hydroxylation is 1. The molecule has 0 saturated heterocycles. The summed E-state index contributed by atoms with van der Waals surface area (Å²) in [6.07, 6.45) is 0. The van der Waals surface area contributed by atoms with Gasteiger partial charge in [0.1, 0.15) is 0 Å². The number of benzene rings is 1. The van der Waals surface area contributed by atoms with Crippen LogP contribution in [-0.2, 0) is 6.61 Å². The Balaban J connectivity index is 3.01. The van der Waals surface area contributed by atoms with E-state index in [0.717, 1.165) is 11.1 Å². The molecule has 9 heavy (non-hydrogen) atoms. The first-order valence-electron chi connectivity index (χ1n) is 2.91. The van der Waals surface area contributed by atoms with Gasteiger partial charge in [0.2, 0.25) is 0 Å². The molecule has 0 aliphatic heterocycles. The van der Waals surface area contributed by atoms with Gasteiger partial charge in [-0.2, -0.15) is 0 Å². The summed E-state index contributed by atoms with van der Waals surface area (Å²) in [7, 11) is 0. The Bertz CT molecular complexity index is 194. The second kappa shape index (κ2) is 2.65. The summed E-state index contributed by atoms with van der Waals surface area (Å²) in [6.45, 7) is 2.05. The van der Waals surface area contributed by atoms with Crippen molar-refractivity contribution < 1.29 is 5.11 Å². The van der Waals surface area contributed by atoms with Crippen LogP contribution >= 0.6 is 0 Å². The first-order valence-corrected chi connectivity index (χ1v) is 2.91. The van der Waals surface area contributed by atoms with E-state index in [1.54, 1.807) is 6.07 Å². The minimum atomic E-state index is 0.0900. The van der Waals surface area contributed by atoms with Gasteiger partial charge >= 0.3 is 0 Å². The lowest BCUT2D eigenvalue weighted by Crippen LogP contribution is -1.85. The van der Waals surface area contributed by atoms with E-state index in [9.17, 15) is 0 Å². The van der Waals surface area contributed by atoms with E-state index in [0.29, 0.717) is 0 Å². The van der Waals surface area contributed by atoms with Crippen molar-refractivity contribution in [1.29, 1.82) is 0 Å². The van der Waals surface area contributed by atoms with E-state index in [4.69, 9.17) is 5.11 Å². The number of rotatable bonds is 1. The molecular weight excluding hydrogens is 112 g/mol. The van der Waals surface area contributed by atoms with Gasteiger partial charge in [0.25, 0.3) is 0 Å². The van der Waals surface area contributed by atoms with Crippen molar-refractivity contribution in [3.05, 3.63) is 35.4 Å². The lowest BCUT2D eigenvalue weighted by atomic mass is 10.1. The molecule has 0 saturated carbocycles. The molecule has 1 radical (unpaired) electrons. The van der Waals surface area contributed by atoms with Gasteiger partial charge in [0.05, 0.1) is 6.61 Å². The van der Waals surface area contributed by atoms with Crippen LogP contribution in [0, 0.1) is 13.0 Å². The highest BCUT2D eigenvalue weighted by Crippen LogP contribution is 2.04. The third-order valence-electron chi connectivity index (χ3n) is 1.33. The van der Waals surface area contributed by atoms with Crippen molar-refractivity contribution in [2.75, 3.05) is 0 Å². The summed E-state index contributed by atoms with van der Waals surface area (Å²) in [5.41, 5.74) is 1.98. The van der Waals surface area contributed by atoms with E-state index in [1.165, 1.54) is 0 Å². The topological polar surface area (TPSA) is 20.2 Å². The van der Waals surface area contributed by atoms with Crippen LogP contribution in [0.2, 0.25) is 0 Å². The van der Waals surface area contributed by atoms with E-state index >= 15 is 0 Å². The molecule has 0 bridgehead atoms. The molecule has 1 aromatic carbocycles. The van der Waals surface area contributed by atoms with E-state index in [1.807, 2.05) is 19.1 Å². The van der Waals surface area contributed by atoms with Gasteiger partial charge in [-0.3, -0.25) is 0 Å². The van der Waals surface area contributed by atoms with Crippen LogP contribution in [0.1, 0.15) is 11.1 Å². The summed E-state index contributed by atoms with van der Waals surface area (Å²) in [4.78, 5) is 0. The van der Waals surface area contributed by atoms with Crippen molar-refractivity contribution in [3.8, 4) is 0 Å². The number of aliphatic hydroxyl groups excluding tert-OH is 1. The van der Waals surface area contributed by atoms with E-state index in [2.05, 4.69) is 6.07 Å². The Morgan fingerprint density at radius 1 is 1.67 bits per heavy atom. The van der Waals surface area contributed by atoms with E-state index in [-0.39, 0.29) is 6.61 Å². The average molecular weight is 121 g/mol. The molecule has 0 unspecified atom stereocenters. The molecule has 1 nitrogen and oxygen atoms in total. The third kappa shape index (κ3) is 1.30. The predicted molar refractivity (Wildman–Crippen MR) is 35.9 cm³/mol. The van der Waals surface area contributed by atoms with Gasteiger partial charge in [0, 0.05) is 0 Å². The molecule has 0 aliphatic carbocycles. The van der Waals surface area contributed by atoms with Crippen molar-refractivity contribution in [2.24, 2.45) is 0 Å². The molecule has 0 fully saturated rings. The standard InChI is InChI=1S/C8H9O/c1-7-4-2-3-5-8(7)6-9/h2-4,9H,6H2,1H3. The Labute approximate surface area is 55.0 Å². The molecular formula is C8H9O. The second-order valence-corrected chi connectivity index (χ2v) is 1.99. The van der Waals surface area contributed by atoms with E-state index < -0.39 is 0 Å². The minimum Gasteiger partial charge on any atom is -0.392 e. The molecule has 0 aromatic heterocycles. The Hall–Kier alpha value is -0.820. The van der Waals surface area contributed by atoms with Crippen LogP contribution in [0.5, 0.6) is 0 Å². The summed E-state index contributed by atoms with van der Waals surface area (Å²) in [6, 6.07) is 8.61. The van der Waals surface area contributed by atoms with Crippen LogP contribution in [0.15, 0.2) is 18.2 Å². The first-order chi connectivity index (χ1) is 4.34. The maximum Gasteiger partial charge on any atom is 0.0690 e. The Morgan fingerprint density at radius 3 is 2.89 bits per heavy atom. The highest BCUT2D eigenvalue weighted by molar-refractivity contribution is 5.23. The lowest BCUT2D eigenvalue weighted by molar-refractivity contribution is 0.281. The van der Waals surface area contributed by atoms with Gasteiger partial charge in [-0.15, -0.1) is 0 Å². The fraction of sp³-hybridized carbons (Fsp3) is 0.250. The minimum absolute atomic E-state index is 0.0900. The molecule has 0 heterocycles. The molecule has 47 valence electrons.